The molecular formula is C13H13N5O2S. The normalized spacial score (nSPS) is 11.0. The minimum absolute atomic E-state index is 0.0333. The lowest BCUT2D eigenvalue weighted by Gasteiger charge is -2.01. The Morgan fingerprint density at radius 1 is 1.33 bits per heavy atom. The second-order valence-electron chi connectivity index (χ2n) is 4.26. The molecule has 21 heavy (non-hydrogen) atoms. The van der Waals surface area contributed by atoms with Crippen LogP contribution in [0.25, 0.3) is 11.5 Å². The van der Waals surface area contributed by atoms with E-state index in [1.165, 1.54) is 11.8 Å². The van der Waals surface area contributed by atoms with Gasteiger partial charge in [0.25, 0.3) is 0 Å². The summed E-state index contributed by atoms with van der Waals surface area (Å²) >= 11 is 1.47. The van der Waals surface area contributed by atoms with Crippen LogP contribution in [-0.2, 0) is 19.4 Å². The zero-order chi connectivity index (χ0) is 14.7. The Morgan fingerprint density at radius 2 is 2.24 bits per heavy atom. The molecule has 0 atom stereocenters. The molecule has 0 aromatic carbocycles. The van der Waals surface area contributed by atoms with Crippen molar-refractivity contribution in [3.05, 3.63) is 42.2 Å². The lowest BCUT2D eigenvalue weighted by Crippen LogP contribution is -1.97. The Hall–Kier alpha value is -2.19. The summed E-state index contributed by atoms with van der Waals surface area (Å²) < 4.78 is 7.04. The van der Waals surface area contributed by atoms with E-state index in [1.54, 1.807) is 12.4 Å². The smallest absolute Gasteiger partial charge is 0.237 e. The zero-order valence-corrected chi connectivity index (χ0v) is 12.1. The molecule has 0 aliphatic rings. The predicted molar refractivity (Wildman–Crippen MR) is 76.2 cm³/mol. The van der Waals surface area contributed by atoms with Gasteiger partial charge in [-0.2, -0.15) is 4.98 Å². The van der Waals surface area contributed by atoms with E-state index in [0.29, 0.717) is 23.2 Å². The average molecular weight is 303 g/mol. The van der Waals surface area contributed by atoms with E-state index in [4.69, 9.17) is 9.63 Å². The van der Waals surface area contributed by atoms with Gasteiger partial charge in [0, 0.05) is 13.2 Å². The van der Waals surface area contributed by atoms with Gasteiger partial charge >= 0.3 is 0 Å². The number of hydrogen-bond donors (Lipinski definition) is 1. The molecule has 0 unspecified atom stereocenters. The first kappa shape index (κ1) is 13.8. The van der Waals surface area contributed by atoms with E-state index < -0.39 is 0 Å². The molecule has 8 heteroatoms. The molecule has 0 saturated carbocycles. The molecule has 7 nitrogen and oxygen atoms in total. The van der Waals surface area contributed by atoms with Gasteiger partial charge in [-0.25, -0.2) is 4.98 Å². The van der Waals surface area contributed by atoms with Gasteiger partial charge in [-0.05, 0) is 12.1 Å². The Bertz CT molecular complexity index is 725. The summed E-state index contributed by atoms with van der Waals surface area (Å²) in [5, 5.41) is 13.8. The Morgan fingerprint density at radius 3 is 2.95 bits per heavy atom. The highest BCUT2D eigenvalue weighted by Crippen LogP contribution is 2.22. The molecule has 0 saturated heterocycles. The first-order valence-electron chi connectivity index (χ1n) is 6.26. The molecule has 0 bridgehead atoms. The minimum atomic E-state index is -0.0333. The summed E-state index contributed by atoms with van der Waals surface area (Å²) in [7, 11) is 1.86. The van der Waals surface area contributed by atoms with Crippen LogP contribution in [0.15, 0.2) is 40.3 Å². The van der Waals surface area contributed by atoms with Gasteiger partial charge in [0.15, 0.2) is 5.16 Å². The van der Waals surface area contributed by atoms with Crippen molar-refractivity contribution < 1.29 is 9.63 Å². The molecule has 0 aliphatic carbocycles. The number of pyridine rings is 1. The van der Waals surface area contributed by atoms with Crippen LogP contribution in [0.5, 0.6) is 0 Å². The fourth-order valence-electron chi connectivity index (χ4n) is 1.75. The first-order chi connectivity index (χ1) is 10.3. The molecular weight excluding hydrogens is 290 g/mol. The maximum Gasteiger partial charge on any atom is 0.237 e. The van der Waals surface area contributed by atoms with Gasteiger partial charge in [-0.1, -0.05) is 23.0 Å². The number of imidazole rings is 1. The summed E-state index contributed by atoms with van der Waals surface area (Å²) in [5.41, 5.74) is 1.44. The Labute approximate surface area is 125 Å². The summed E-state index contributed by atoms with van der Waals surface area (Å²) in [5.74, 6) is 1.49. The summed E-state index contributed by atoms with van der Waals surface area (Å²) in [4.78, 5) is 12.7. The fraction of sp³-hybridized carbons (Fsp3) is 0.231. The second-order valence-corrected chi connectivity index (χ2v) is 5.21. The molecule has 1 N–H and O–H groups in total. The molecule has 0 radical (unpaired) electrons. The van der Waals surface area contributed by atoms with Crippen molar-refractivity contribution in [2.45, 2.75) is 17.5 Å². The predicted octanol–water partition coefficient (Wildman–Crippen LogP) is 1.65. The van der Waals surface area contributed by atoms with Crippen molar-refractivity contribution >= 4 is 11.8 Å². The third-order valence-corrected chi connectivity index (χ3v) is 3.92. The van der Waals surface area contributed by atoms with Crippen LogP contribution in [0.4, 0.5) is 0 Å². The third kappa shape index (κ3) is 2.96. The van der Waals surface area contributed by atoms with Crippen LogP contribution in [-0.4, -0.2) is 29.8 Å². The van der Waals surface area contributed by atoms with Crippen LogP contribution in [0.2, 0.25) is 0 Å². The highest BCUT2D eigenvalue weighted by molar-refractivity contribution is 7.98. The van der Waals surface area contributed by atoms with Gasteiger partial charge in [0.05, 0.1) is 24.3 Å². The maximum absolute atomic E-state index is 9.13. The molecule has 3 aromatic heterocycles. The number of nitrogens with zero attached hydrogens (tertiary/aromatic N) is 5. The third-order valence-electron chi connectivity index (χ3n) is 2.89. The number of aliphatic hydroxyl groups excluding tert-OH is 1. The average Bonchev–Trinajstić information content (AvgIpc) is 3.13. The molecule has 3 heterocycles. The Balaban J connectivity index is 1.69. The monoisotopic (exact) mass is 303 g/mol. The summed E-state index contributed by atoms with van der Waals surface area (Å²) in [6, 6.07) is 5.53. The number of aliphatic hydroxyl groups is 1. The van der Waals surface area contributed by atoms with Crippen molar-refractivity contribution in [1.29, 1.82) is 0 Å². The van der Waals surface area contributed by atoms with E-state index in [0.717, 1.165) is 10.9 Å². The minimum Gasteiger partial charge on any atom is -0.390 e. The van der Waals surface area contributed by atoms with Gasteiger partial charge < -0.3 is 14.2 Å². The molecule has 0 amide bonds. The SMILES string of the molecule is Cn1c(CO)cnc1SCc1nc(-c2ccccn2)no1. The highest BCUT2D eigenvalue weighted by Gasteiger charge is 2.12. The fourth-order valence-corrected chi connectivity index (χ4v) is 2.55. The molecule has 3 aromatic rings. The van der Waals surface area contributed by atoms with Crippen LogP contribution in [0.1, 0.15) is 11.6 Å². The number of rotatable bonds is 5. The van der Waals surface area contributed by atoms with E-state index in [1.807, 2.05) is 29.8 Å². The maximum atomic E-state index is 9.13. The standard InChI is InChI=1S/C13H13N5O2S/c1-18-9(7-19)6-15-13(18)21-8-11-16-12(17-20-11)10-4-2-3-5-14-10/h2-6,19H,7-8H2,1H3. The van der Waals surface area contributed by atoms with Gasteiger partial charge in [-0.15, -0.1) is 0 Å². The molecule has 108 valence electrons. The topological polar surface area (TPSA) is 89.9 Å². The summed E-state index contributed by atoms with van der Waals surface area (Å²) in [6.07, 6.45) is 3.33. The first-order valence-corrected chi connectivity index (χ1v) is 7.24. The number of hydrogen-bond acceptors (Lipinski definition) is 7. The molecule has 0 spiro atoms. The zero-order valence-electron chi connectivity index (χ0n) is 11.3. The number of aromatic nitrogens is 5. The second kappa shape index (κ2) is 6.06. The van der Waals surface area contributed by atoms with Crippen molar-refractivity contribution in [2.75, 3.05) is 0 Å². The van der Waals surface area contributed by atoms with Crippen molar-refractivity contribution in [3.63, 3.8) is 0 Å². The van der Waals surface area contributed by atoms with Crippen LogP contribution in [0.3, 0.4) is 0 Å². The van der Waals surface area contributed by atoms with Crippen molar-refractivity contribution in [3.8, 4) is 11.5 Å². The van der Waals surface area contributed by atoms with Gasteiger partial charge in [0.1, 0.15) is 5.69 Å². The lowest BCUT2D eigenvalue weighted by atomic mass is 10.3. The van der Waals surface area contributed by atoms with Crippen LogP contribution in [0, 0.1) is 0 Å². The lowest BCUT2D eigenvalue weighted by molar-refractivity contribution is 0.271. The molecule has 0 fully saturated rings. The van der Waals surface area contributed by atoms with Gasteiger partial charge in [0.2, 0.25) is 11.7 Å². The quantitative estimate of drug-likeness (QED) is 0.717. The van der Waals surface area contributed by atoms with Crippen molar-refractivity contribution in [1.82, 2.24) is 24.7 Å². The van der Waals surface area contributed by atoms with E-state index in [9.17, 15) is 0 Å². The Kier molecular flexibility index (Phi) is 3.98. The molecule has 3 rings (SSSR count). The summed E-state index contributed by atoms with van der Waals surface area (Å²) in [6.45, 7) is -0.0333. The largest absolute Gasteiger partial charge is 0.390 e. The van der Waals surface area contributed by atoms with Crippen LogP contribution < -0.4 is 0 Å². The van der Waals surface area contributed by atoms with Crippen molar-refractivity contribution in [2.24, 2.45) is 7.05 Å². The van der Waals surface area contributed by atoms with Crippen LogP contribution >= 0.6 is 11.8 Å². The van der Waals surface area contributed by atoms with E-state index in [-0.39, 0.29) is 6.61 Å². The highest BCUT2D eigenvalue weighted by atomic mass is 32.2. The van der Waals surface area contributed by atoms with Gasteiger partial charge in [-0.3, -0.25) is 4.98 Å². The molecule has 0 aliphatic heterocycles. The van der Waals surface area contributed by atoms with E-state index >= 15 is 0 Å². The van der Waals surface area contributed by atoms with E-state index in [2.05, 4.69) is 20.1 Å². The number of thioether (sulfide) groups is 1.